The van der Waals surface area contributed by atoms with Crippen LogP contribution in [0.1, 0.15) is 5.56 Å². The molecule has 0 aliphatic carbocycles. The normalized spacial score (nSPS) is 17.7. The number of nitrogens with zero attached hydrogens (tertiary/aromatic N) is 2. The molecule has 1 heterocycles. The molecule has 1 N–H and O–H groups in total. The first-order chi connectivity index (χ1) is 16.6. The largest absolute Gasteiger partial charge is 0.324 e. The number of amides is 1. The molecule has 0 aromatic heterocycles. The summed E-state index contributed by atoms with van der Waals surface area (Å²) in [4.78, 5) is 13.5. The van der Waals surface area contributed by atoms with Gasteiger partial charge in [0.15, 0.2) is 0 Å². The Morgan fingerprint density at radius 2 is 1.43 bits per heavy atom. The van der Waals surface area contributed by atoms with E-state index in [0.717, 1.165) is 14.2 Å². The molecule has 0 saturated carbocycles. The second-order valence-electron chi connectivity index (χ2n) is 8.07. The van der Waals surface area contributed by atoms with Gasteiger partial charge in [-0.15, -0.1) is 0 Å². The van der Waals surface area contributed by atoms with E-state index in [2.05, 4.69) is 5.32 Å². The number of piperazine rings is 1. The lowest BCUT2D eigenvalue weighted by molar-refractivity contribution is -0.120. The van der Waals surface area contributed by atoms with Crippen LogP contribution in [-0.2, 0) is 24.8 Å². The van der Waals surface area contributed by atoms with Crippen LogP contribution in [0.2, 0.25) is 5.02 Å². The van der Waals surface area contributed by atoms with Gasteiger partial charge in [-0.3, -0.25) is 4.79 Å². The van der Waals surface area contributed by atoms with Gasteiger partial charge in [0.1, 0.15) is 6.04 Å². The van der Waals surface area contributed by atoms with E-state index in [1.807, 2.05) is 0 Å². The summed E-state index contributed by atoms with van der Waals surface area (Å²) in [6.07, 6.45) is 0. The number of hydrogen-bond acceptors (Lipinski definition) is 5. The summed E-state index contributed by atoms with van der Waals surface area (Å²) in [6.45, 7) is 1.16. The second-order valence-corrected chi connectivity index (χ2v) is 12.3. The lowest BCUT2D eigenvalue weighted by Gasteiger charge is -2.39. The molecule has 0 radical (unpaired) electrons. The fourth-order valence-corrected chi connectivity index (χ4v) is 7.10. The smallest absolute Gasteiger partial charge is 0.244 e. The zero-order chi connectivity index (χ0) is 25.2. The topological polar surface area (TPSA) is 104 Å². The molecule has 11 heteroatoms. The Labute approximate surface area is 210 Å². The maximum atomic E-state index is 13.5. The molecule has 35 heavy (non-hydrogen) atoms. The first kappa shape index (κ1) is 25.3. The van der Waals surface area contributed by atoms with Gasteiger partial charge in [-0.1, -0.05) is 54.1 Å². The first-order valence-corrected chi connectivity index (χ1v) is 14.1. The van der Waals surface area contributed by atoms with Crippen molar-refractivity contribution >= 4 is 43.2 Å². The van der Waals surface area contributed by atoms with Crippen LogP contribution in [0.4, 0.5) is 5.69 Å². The Morgan fingerprint density at radius 1 is 0.857 bits per heavy atom. The predicted molar refractivity (Wildman–Crippen MR) is 134 cm³/mol. The highest BCUT2D eigenvalue weighted by Crippen LogP contribution is 2.27. The molecule has 3 aromatic carbocycles. The van der Waals surface area contributed by atoms with Crippen molar-refractivity contribution in [2.75, 3.05) is 25.0 Å². The number of anilines is 1. The van der Waals surface area contributed by atoms with E-state index in [1.165, 1.54) is 24.3 Å². The van der Waals surface area contributed by atoms with E-state index in [4.69, 9.17) is 11.6 Å². The third kappa shape index (κ3) is 5.26. The molecule has 1 fully saturated rings. The van der Waals surface area contributed by atoms with Gasteiger partial charge in [0.05, 0.1) is 9.79 Å². The van der Waals surface area contributed by atoms with Crippen LogP contribution in [0.15, 0.2) is 88.7 Å². The van der Waals surface area contributed by atoms with Crippen LogP contribution in [0.5, 0.6) is 0 Å². The molecule has 0 unspecified atom stereocenters. The quantitative estimate of drug-likeness (QED) is 0.523. The first-order valence-electron chi connectivity index (χ1n) is 10.8. The lowest BCUT2D eigenvalue weighted by atomic mass is 10.1. The monoisotopic (exact) mass is 533 g/mol. The summed E-state index contributed by atoms with van der Waals surface area (Å²) in [5, 5.41) is 3.13. The fraction of sp³-hybridized carbons (Fsp3) is 0.208. The molecule has 4 rings (SSSR count). The minimum atomic E-state index is -4.08. The third-order valence-electron chi connectivity index (χ3n) is 5.78. The number of benzene rings is 3. The van der Waals surface area contributed by atoms with E-state index in [0.29, 0.717) is 10.7 Å². The lowest BCUT2D eigenvalue weighted by Crippen LogP contribution is -2.60. The van der Waals surface area contributed by atoms with E-state index < -0.39 is 32.0 Å². The average Bonchev–Trinajstić information content (AvgIpc) is 2.87. The summed E-state index contributed by atoms with van der Waals surface area (Å²) < 4.78 is 55.6. The van der Waals surface area contributed by atoms with Gasteiger partial charge in [-0.25, -0.2) is 16.8 Å². The van der Waals surface area contributed by atoms with Gasteiger partial charge in [0, 0.05) is 30.3 Å². The third-order valence-corrected chi connectivity index (χ3v) is 9.82. The van der Waals surface area contributed by atoms with Gasteiger partial charge in [0.2, 0.25) is 26.0 Å². The highest BCUT2D eigenvalue weighted by Gasteiger charge is 2.43. The number of carbonyl (C=O) groups excluding carboxylic acids is 1. The summed E-state index contributed by atoms with van der Waals surface area (Å²) >= 11 is 6.07. The maximum Gasteiger partial charge on any atom is 0.244 e. The number of hydrogen-bond donors (Lipinski definition) is 1. The summed E-state index contributed by atoms with van der Waals surface area (Å²) in [7, 11) is -8.01. The van der Waals surface area contributed by atoms with E-state index in [9.17, 15) is 21.6 Å². The number of aryl methyl sites for hydroxylation is 1. The standard InChI is InChI=1S/C24H24ClN3O5S2/c1-18-12-13-19(25)16-22(18)26-24(29)23-17-27(34(30,31)20-8-4-2-5-9-20)14-15-28(23)35(32,33)21-10-6-3-7-11-21/h2-13,16,23H,14-15,17H2,1H3,(H,26,29)/t23-/m1/s1. The molecule has 0 spiro atoms. The molecule has 1 amide bonds. The van der Waals surface area contributed by atoms with Crippen molar-refractivity contribution in [1.29, 1.82) is 0 Å². The molecule has 1 atom stereocenters. The van der Waals surface area contributed by atoms with Crippen molar-refractivity contribution < 1.29 is 21.6 Å². The van der Waals surface area contributed by atoms with Crippen molar-refractivity contribution in [3.05, 3.63) is 89.4 Å². The Hall–Kier alpha value is -2.76. The molecular formula is C24H24ClN3O5S2. The van der Waals surface area contributed by atoms with E-state index >= 15 is 0 Å². The highest BCUT2D eigenvalue weighted by atomic mass is 35.5. The van der Waals surface area contributed by atoms with Crippen LogP contribution in [0.3, 0.4) is 0 Å². The van der Waals surface area contributed by atoms with Gasteiger partial charge in [0.25, 0.3) is 0 Å². The number of sulfonamides is 2. The van der Waals surface area contributed by atoms with Crippen LogP contribution < -0.4 is 5.32 Å². The minimum Gasteiger partial charge on any atom is -0.324 e. The molecule has 184 valence electrons. The Morgan fingerprint density at radius 3 is 2.03 bits per heavy atom. The summed E-state index contributed by atoms with van der Waals surface area (Å²) in [6, 6.07) is 19.3. The van der Waals surface area contributed by atoms with Crippen molar-refractivity contribution in [1.82, 2.24) is 8.61 Å². The van der Waals surface area contributed by atoms with Crippen LogP contribution in [0, 0.1) is 6.92 Å². The number of halogens is 1. The molecule has 1 aliphatic heterocycles. The Bertz CT molecular complexity index is 1430. The van der Waals surface area contributed by atoms with Crippen molar-refractivity contribution in [3.63, 3.8) is 0 Å². The predicted octanol–water partition coefficient (Wildman–Crippen LogP) is 3.35. The number of carbonyl (C=O) groups is 1. The van der Waals surface area contributed by atoms with Gasteiger partial charge in [-0.05, 0) is 48.9 Å². The van der Waals surface area contributed by atoms with Crippen molar-refractivity contribution in [3.8, 4) is 0 Å². The summed E-state index contributed by atoms with van der Waals surface area (Å²) in [5.41, 5.74) is 1.15. The van der Waals surface area contributed by atoms with Crippen molar-refractivity contribution in [2.24, 2.45) is 0 Å². The maximum absolute atomic E-state index is 13.5. The van der Waals surface area contributed by atoms with E-state index in [1.54, 1.807) is 61.5 Å². The van der Waals surface area contributed by atoms with Crippen LogP contribution >= 0.6 is 11.6 Å². The van der Waals surface area contributed by atoms with Crippen LogP contribution in [0.25, 0.3) is 0 Å². The molecule has 3 aromatic rings. The molecule has 1 saturated heterocycles. The summed E-state index contributed by atoms with van der Waals surface area (Å²) in [5.74, 6) is -0.650. The Balaban J connectivity index is 1.71. The molecule has 0 bridgehead atoms. The number of rotatable bonds is 6. The average molecular weight is 534 g/mol. The van der Waals surface area contributed by atoms with Crippen LogP contribution in [-0.4, -0.2) is 57.0 Å². The second kappa shape index (κ2) is 10.1. The Kier molecular flexibility index (Phi) is 7.30. The number of nitrogens with one attached hydrogen (secondary N) is 1. The SMILES string of the molecule is Cc1ccc(Cl)cc1NC(=O)[C@H]1CN(S(=O)(=O)c2ccccc2)CCN1S(=O)(=O)c1ccccc1. The highest BCUT2D eigenvalue weighted by molar-refractivity contribution is 7.89. The molecule has 1 aliphatic rings. The fourth-order valence-electron chi connectivity index (χ4n) is 3.88. The van der Waals surface area contributed by atoms with Gasteiger partial charge in [-0.2, -0.15) is 8.61 Å². The van der Waals surface area contributed by atoms with Gasteiger partial charge < -0.3 is 5.32 Å². The zero-order valence-electron chi connectivity index (χ0n) is 18.8. The molecular weight excluding hydrogens is 510 g/mol. The minimum absolute atomic E-state index is 0.0242. The van der Waals surface area contributed by atoms with Crippen molar-refractivity contribution in [2.45, 2.75) is 22.8 Å². The van der Waals surface area contributed by atoms with Gasteiger partial charge >= 0.3 is 0 Å². The molecule has 8 nitrogen and oxygen atoms in total. The zero-order valence-corrected chi connectivity index (χ0v) is 21.2. The van der Waals surface area contributed by atoms with E-state index in [-0.39, 0.29) is 29.4 Å².